The molecule has 8 N–H and O–H groups in total. The van der Waals surface area contributed by atoms with Crippen molar-refractivity contribution in [3.05, 3.63) is 29.8 Å². The zero-order valence-corrected chi connectivity index (χ0v) is 19.8. The van der Waals surface area contributed by atoms with Crippen molar-refractivity contribution in [1.29, 1.82) is 0 Å². The number of ether oxygens (including phenoxy) is 1. The predicted molar refractivity (Wildman–Crippen MR) is 125 cm³/mol. The first kappa shape index (κ1) is 30.9. The Hall–Kier alpha value is -3.30. The highest BCUT2D eigenvalue weighted by molar-refractivity contribution is 5.90. The van der Waals surface area contributed by atoms with Gasteiger partial charge in [0.1, 0.15) is 6.61 Å². The van der Waals surface area contributed by atoms with E-state index in [2.05, 4.69) is 15.4 Å². The third kappa shape index (κ3) is 17.5. The average Bonchev–Trinajstić information content (AvgIpc) is 2.74. The molecule has 0 aliphatic carbocycles. The van der Waals surface area contributed by atoms with Crippen LogP contribution in [0.25, 0.3) is 0 Å². The van der Waals surface area contributed by atoms with Gasteiger partial charge in [-0.05, 0) is 36.5 Å². The Labute approximate surface area is 190 Å². The number of anilines is 1. The molecule has 0 saturated heterocycles. The molecule has 0 radical (unpaired) electrons. The molecule has 0 saturated carbocycles. The fourth-order valence-corrected chi connectivity index (χ4v) is 2.01. The van der Waals surface area contributed by atoms with Crippen LogP contribution in [0, 0.1) is 11.8 Å². The summed E-state index contributed by atoms with van der Waals surface area (Å²) in [6.45, 7) is 10.4. The summed E-state index contributed by atoms with van der Waals surface area (Å²) in [4.78, 5) is 43.0. The Morgan fingerprint density at radius 2 is 1.50 bits per heavy atom. The molecular formula is C22H39N5O5. The lowest BCUT2D eigenvalue weighted by Gasteiger charge is -2.09. The maximum absolute atomic E-state index is 11.7. The number of amides is 5. The molecule has 182 valence electrons. The first-order valence-corrected chi connectivity index (χ1v) is 10.7. The zero-order valence-electron chi connectivity index (χ0n) is 19.8. The second-order valence-corrected chi connectivity index (χ2v) is 7.04. The van der Waals surface area contributed by atoms with Crippen LogP contribution in [-0.4, -0.2) is 30.5 Å². The highest BCUT2D eigenvalue weighted by atomic mass is 16.5. The van der Waals surface area contributed by atoms with Crippen molar-refractivity contribution in [2.45, 2.75) is 60.5 Å². The van der Waals surface area contributed by atoms with Crippen molar-refractivity contribution in [3.8, 4) is 0 Å². The Kier molecular flexibility index (Phi) is 17.8. The summed E-state index contributed by atoms with van der Waals surface area (Å²) in [5, 5.41) is 5.21. The molecule has 0 spiro atoms. The Bertz CT molecular complexity index is 692. The third-order valence-electron chi connectivity index (χ3n) is 4.20. The largest absolute Gasteiger partial charge is 0.445 e. The van der Waals surface area contributed by atoms with Gasteiger partial charge in [0.05, 0.1) is 0 Å². The van der Waals surface area contributed by atoms with Crippen LogP contribution in [0.15, 0.2) is 24.3 Å². The lowest BCUT2D eigenvalue weighted by Crippen LogP contribution is -2.30. The van der Waals surface area contributed by atoms with Gasteiger partial charge in [0, 0.05) is 24.6 Å². The predicted octanol–water partition coefficient (Wildman–Crippen LogP) is 2.85. The highest BCUT2D eigenvalue weighted by Crippen LogP contribution is 2.11. The topological polar surface area (TPSA) is 180 Å². The molecular weight excluding hydrogens is 414 g/mol. The molecule has 0 aliphatic rings. The molecule has 1 unspecified atom stereocenters. The molecule has 10 heteroatoms. The van der Waals surface area contributed by atoms with Gasteiger partial charge in [0.15, 0.2) is 0 Å². The van der Waals surface area contributed by atoms with Crippen LogP contribution in [-0.2, 0) is 20.9 Å². The molecule has 5 amide bonds. The summed E-state index contributed by atoms with van der Waals surface area (Å²) in [5.74, 6) is 0.0581. The summed E-state index contributed by atoms with van der Waals surface area (Å²) in [7, 11) is 0. The number of primary amides is 3. The molecule has 32 heavy (non-hydrogen) atoms. The van der Waals surface area contributed by atoms with E-state index in [0.29, 0.717) is 37.4 Å². The normalized spacial score (nSPS) is 10.4. The van der Waals surface area contributed by atoms with Crippen LogP contribution in [0.4, 0.5) is 15.3 Å². The molecule has 0 heterocycles. The third-order valence-corrected chi connectivity index (χ3v) is 4.20. The standard InChI is InChI=1S/C14H20N4O4.C6H13NO.C2H6/c15-13(20)17-8-2-1-3-12(19)18-11-6-4-10(5-7-11)9-22-14(16)21;1-4(2)5(3)6(7)8;1-2/h4-7H,1-3,8-9H2,(H2,16,21)(H,18,19)(H3,15,17,20);4-5H,1-3H3,(H2,7,8);1-2H3. The van der Waals surface area contributed by atoms with Crippen molar-refractivity contribution in [2.75, 3.05) is 11.9 Å². The van der Waals surface area contributed by atoms with Crippen LogP contribution >= 0.6 is 0 Å². The van der Waals surface area contributed by atoms with Gasteiger partial charge in [-0.15, -0.1) is 0 Å². The number of nitrogens with two attached hydrogens (primary N) is 3. The smallest absolute Gasteiger partial charge is 0.404 e. The van der Waals surface area contributed by atoms with Crippen LogP contribution in [0.3, 0.4) is 0 Å². The molecule has 0 aliphatic heterocycles. The molecule has 10 nitrogen and oxygen atoms in total. The number of hydrogen-bond acceptors (Lipinski definition) is 5. The second kappa shape index (κ2) is 18.5. The maximum Gasteiger partial charge on any atom is 0.404 e. The van der Waals surface area contributed by atoms with Crippen molar-refractivity contribution in [3.63, 3.8) is 0 Å². The minimum absolute atomic E-state index is 0.00926. The quantitative estimate of drug-likeness (QED) is 0.341. The van der Waals surface area contributed by atoms with E-state index < -0.39 is 12.1 Å². The number of carbonyl (C=O) groups excluding carboxylic acids is 4. The number of rotatable bonds is 10. The maximum atomic E-state index is 11.7. The SMILES string of the molecule is CC.CC(C)C(C)C(N)=O.NC(=O)NCCCCC(=O)Nc1ccc(COC(N)=O)cc1. The van der Waals surface area contributed by atoms with E-state index in [-0.39, 0.29) is 24.3 Å². The van der Waals surface area contributed by atoms with Crippen molar-refractivity contribution < 1.29 is 23.9 Å². The van der Waals surface area contributed by atoms with Crippen LogP contribution in [0.2, 0.25) is 0 Å². The van der Waals surface area contributed by atoms with Gasteiger partial charge < -0.3 is 32.6 Å². The fraction of sp³-hybridized carbons (Fsp3) is 0.545. The van der Waals surface area contributed by atoms with Gasteiger partial charge in [0.25, 0.3) is 0 Å². The number of unbranched alkanes of at least 4 members (excludes halogenated alkanes) is 1. The molecule has 0 bridgehead atoms. The summed E-state index contributed by atoms with van der Waals surface area (Å²) in [5.41, 5.74) is 16.2. The molecule has 1 rings (SSSR count). The van der Waals surface area contributed by atoms with E-state index in [1.165, 1.54) is 0 Å². The first-order chi connectivity index (χ1) is 15.0. The number of carbonyl (C=O) groups is 4. The summed E-state index contributed by atoms with van der Waals surface area (Å²) in [6.07, 6.45) is 0.854. The summed E-state index contributed by atoms with van der Waals surface area (Å²) >= 11 is 0. The number of hydrogen-bond donors (Lipinski definition) is 5. The van der Waals surface area contributed by atoms with E-state index in [9.17, 15) is 19.2 Å². The first-order valence-electron chi connectivity index (χ1n) is 10.7. The second-order valence-electron chi connectivity index (χ2n) is 7.04. The van der Waals surface area contributed by atoms with Gasteiger partial charge in [0.2, 0.25) is 11.8 Å². The van der Waals surface area contributed by atoms with Gasteiger partial charge in [-0.3, -0.25) is 9.59 Å². The lowest BCUT2D eigenvalue weighted by molar-refractivity contribution is -0.122. The number of nitrogens with one attached hydrogen (secondary N) is 2. The number of benzene rings is 1. The Morgan fingerprint density at radius 3 is 1.91 bits per heavy atom. The van der Waals surface area contributed by atoms with Crippen LogP contribution in [0.5, 0.6) is 0 Å². The minimum atomic E-state index is -0.830. The summed E-state index contributed by atoms with van der Waals surface area (Å²) < 4.78 is 4.65. The number of urea groups is 1. The van der Waals surface area contributed by atoms with Crippen molar-refractivity contribution in [1.82, 2.24) is 5.32 Å². The minimum Gasteiger partial charge on any atom is -0.445 e. The average molecular weight is 454 g/mol. The monoisotopic (exact) mass is 453 g/mol. The van der Waals surface area contributed by atoms with E-state index >= 15 is 0 Å². The molecule has 1 aromatic carbocycles. The lowest BCUT2D eigenvalue weighted by atomic mass is 9.98. The van der Waals surface area contributed by atoms with Gasteiger partial charge in [-0.1, -0.05) is 46.8 Å². The Morgan fingerprint density at radius 1 is 0.938 bits per heavy atom. The van der Waals surface area contributed by atoms with Gasteiger partial charge in [-0.25, -0.2) is 9.59 Å². The molecule has 0 fully saturated rings. The fourth-order valence-electron chi connectivity index (χ4n) is 2.01. The molecule has 1 atom stereocenters. The van der Waals surface area contributed by atoms with Gasteiger partial charge >= 0.3 is 12.1 Å². The molecule has 0 aromatic heterocycles. The summed E-state index contributed by atoms with van der Waals surface area (Å²) in [6, 6.07) is 6.33. The molecule has 1 aromatic rings. The zero-order chi connectivity index (χ0) is 25.1. The van der Waals surface area contributed by atoms with E-state index in [1.54, 1.807) is 24.3 Å². The van der Waals surface area contributed by atoms with Crippen molar-refractivity contribution in [2.24, 2.45) is 29.0 Å². The highest BCUT2D eigenvalue weighted by Gasteiger charge is 2.11. The van der Waals surface area contributed by atoms with E-state index in [4.69, 9.17) is 17.2 Å². The van der Waals surface area contributed by atoms with Crippen LogP contribution in [0.1, 0.15) is 59.4 Å². The van der Waals surface area contributed by atoms with Gasteiger partial charge in [-0.2, -0.15) is 0 Å². The van der Waals surface area contributed by atoms with E-state index in [0.717, 1.165) is 5.56 Å². The Balaban J connectivity index is 0. The van der Waals surface area contributed by atoms with E-state index in [1.807, 2.05) is 34.6 Å². The van der Waals surface area contributed by atoms with Crippen LogP contribution < -0.4 is 27.8 Å². The van der Waals surface area contributed by atoms with Crippen molar-refractivity contribution >= 4 is 29.6 Å².